The van der Waals surface area contributed by atoms with Crippen molar-refractivity contribution < 1.29 is 9.31 Å². The van der Waals surface area contributed by atoms with E-state index < -0.39 is 16.4 Å². The number of fused-ring (bicyclic) bond motifs is 1. The summed E-state index contributed by atoms with van der Waals surface area (Å²) in [6.07, 6.45) is 2.60. The van der Waals surface area contributed by atoms with Gasteiger partial charge in [-0.3, -0.25) is 10.1 Å². The molecule has 0 amide bonds. The molecule has 0 heterocycles. The molecular weight excluding hydrogens is 271 g/mol. The van der Waals surface area contributed by atoms with Crippen molar-refractivity contribution >= 4 is 11.4 Å². The van der Waals surface area contributed by atoms with Crippen LogP contribution in [-0.4, -0.2) is 11.0 Å². The number of rotatable bonds is 3. The molecular formula is C16H15FN2O2. The second-order valence-corrected chi connectivity index (χ2v) is 5.25. The second kappa shape index (κ2) is 5.52. The van der Waals surface area contributed by atoms with Crippen molar-refractivity contribution in [1.82, 2.24) is 0 Å². The largest absolute Gasteiger partial charge is 0.376 e. The molecule has 5 heteroatoms. The van der Waals surface area contributed by atoms with Crippen molar-refractivity contribution in [3.8, 4) is 0 Å². The molecule has 2 aromatic carbocycles. The van der Waals surface area contributed by atoms with Gasteiger partial charge in [-0.25, -0.2) is 0 Å². The Kier molecular flexibility index (Phi) is 3.56. The van der Waals surface area contributed by atoms with Crippen molar-refractivity contribution in [2.24, 2.45) is 0 Å². The summed E-state index contributed by atoms with van der Waals surface area (Å²) in [6.45, 7) is 0. The topological polar surface area (TPSA) is 55.2 Å². The highest BCUT2D eigenvalue weighted by Gasteiger charge is 2.24. The average molecular weight is 286 g/mol. The van der Waals surface area contributed by atoms with Gasteiger partial charge in [0.05, 0.1) is 4.92 Å². The Labute approximate surface area is 121 Å². The standard InChI is InChI=1S/C16H15FN2O2/c17-14-6-3-7-15(16(14)19(20)21)18-13-9-8-11-4-1-2-5-12(11)10-13/h1-7,13,18H,8-10H2. The lowest BCUT2D eigenvalue weighted by atomic mass is 9.88. The summed E-state index contributed by atoms with van der Waals surface area (Å²) in [5.74, 6) is -0.804. The average Bonchev–Trinajstić information content (AvgIpc) is 2.47. The maximum absolute atomic E-state index is 13.6. The molecule has 0 spiro atoms. The number of para-hydroxylation sites is 1. The fourth-order valence-electron chi connectivity index (χ4n) is 2.86. The molecule has 0 saturated heterocycles. The van der Waals surface area contributed by atoms with E-state index in [1.807, 2.05) is 12.1 Å². The fourth-order valence-corrected chi connectivity index (χ4v) is 2.86. The zero-order valence-electron chi connectivity index (χ0n) is 11.4. The number of hydrogen-bond donors (Lipinski definition) is 1. The molecule has 0 aliphatic heterocycles. The summed E-state index contributed by atoms with van der Waals surface area (Å²) in [7, 11) is 0. The van der Waals surface area contributed by atoms with Crippen LogP contribution in [0.2, 0.25) is 0 Å². The smallest absolute Gasteiger partial charge is 0.327 e. The van der Waals surface area contributed by atoms with Gasteiger partial charge in [-0.1, -0.05) is 30.3 Å². The first kappa shape index (κ1) is 13.5. The zero-order chi connectivity index (χ0) is 14.8. The number of nitrogens with zero attached hydrogens (tertiary/aromatic N) is 1. The van der Waals surface area contributed by atoms with Gasteiger partial charge < -0.3 is 5.32 Å². The number of nitro groups is 1. The van der Waals surface area contributed by atoms with Crippen molar-refractivity contribution in [3.05, 3.63) is 69.5 Å². The van der Waals surface area contributed by atoms with Crippen LogP contribution in [0.25, 0.3) is 0 Å². The Morgan fingerprint density at radius 2 is 1.90 bits per heavy atom. The van der Waals surface area contributed by atoms with Gasteiger partial charge in [-0.15, -0.1) is 0 Å². The van der Waals surface area contributed by atoms with Crippen LogP contribution in [0.5, 0.6) is 0 Å². The third-order valence-electron chi connectivity index (χ3n) is 3.88. The van der Waals surface area contributed by atoms with Crippen LogP contribution in [0.3, 0.4) is 0 Å². The van der Waals surface area contributed by atoms with Crippen molar-refractivity contribution in [2.45, 2.75) is 25.3 Å². The summed E-state index contributed by atoms with van der Waals surface area (Å²) in [5.41, 5.74) is 2.35. The molecule has 0 aromatic heterocycles. The summed E-state index contributed by atoms with van der Waals surface area (Å²) < 4.78 is 13.6. The van der Waals surface area contributed by atoms with Gasteiger partial charge in [0.15, 0.2) is 0 Å². The number of nitrogens with one attached hydrogen (secondary N) is 1. The molecule has 1 unspecified atom stereocenters. The maximum atomic E-state index is 13.6. The molecule has 21 heavy (non-hydrogen) atoms. The molecule has 3 rings (SSSR count). The Bertz CT molecular complexity index is 688. The van der Waals surface area contributed by atoms with Gasteiger partial charge in [0.2, 0.25) is 5.82 Å². The minimum absolute atomic E-state index is 0.0837. The number of nitro benzene ring substituents is 1. The number of anilines is 1. The van der Waals surface area contributed by atoms with Crippen molar-refractivity contribution in [1.29, 1.82) is 0 Å². The van der Waals surface area contributed by atoms with Crippen LogP contribution in [0.4, 0.5) is 15.8 Å². The van der Waals surface area contributed by atoms with E-state index in [1.165, 1.54) is 17.2 Å². The van der Waals surface area contributed by atoms with Crippen molar-refractivity contribution in [3.63, 3.8) is 0 Å². The Hall–Kier alpha value is -2.43. The highest BCUT2D eigenvalue weighted by atomic mass is 19.1. The Morgan fingerprint density at radius 3 is 2.67 bits per heavy atom. The molecule has 0 fully saturated rings. The Balaban J connectivity index is 1.83. The predicted molar refractivity (Wildman–Crippen MR) is 78.9 cm³/mol. The summed E-state index contributed by atoms with van der Waals surface area (Å²) >= 11 is 0. The third-order valence-corrected chi connectivity index (χ3v) is 3.88. The lowest BCUT2D eigenvalue weighted by molar-refractivity contribution is -0.386. The molecule has 0 saturated carbocycles. The van der Waals surface area contributed by atoms with Crippen LogP contribution in [-0.2, 0) is 12.8 Å². The van der Waals surface area contributed by atoms with E-state index in [9.17, 15) is 14.5 Å². The van der Waals surface area contributed by atoms with Gasteiger partial charge in [0.25, 0.3) is 0 Å². The van der Waals surface area contributed by atoms with Crippen LogP contribution in [0, 0.1) is 15.9 Å². The van der Waals surface area contributed by atoms with Crippen LogP contribution in [0.1, 0.15) is 17.5 Å². The first-order valence-corrected chi connectivity index (χ1v) is 6.91. The molecule has 2 aromatic rings. The zero-order valence-corrected chi connectivity index (χ0v) is 11.4. The molecule has 1 aliphatic rings. The first-order valence-electron chi connectivity index (χ1n) is 6.91. The minimum atomic E-state index is -0.804. The summed E-state index contributed by atoms with van der Waals surface area (Å²) in [4.78, 5) is 10.3. The van der Waals surface area contributed by atoms with E-state index >= 15 is 0 Å². The normalized spacial score (nSPS) is 17.1. The van der Waals surface area contributed by atoms with Crippen LogP contribution < -0.4 is 5.32 Å². The van der Waals surface area contributed by atoms with Crippen LogP contribution in [0.15, 0.2) is 42.5 Å². The SMILES string of the molecule is O=[N+]([O-])c1c(F)cccc1NC1CCc2ccccc2C1. The van der Waals surface area contributed by atoms with Gasteiger partial charge in [-0.2, -0.15) is 4.39 Å². The minimum Gasteiger partial charge on any atom is -0.376 e. The maximum Gasteiger partial charge on any atom is 0.327 e. The van der Waals surface area contributed by atoms with E-state index in [2.05, 4.69) is 17.4 Å². The summed E-state index contributed by atoms with van der Waals surface area (Å²) in [6, 6.07) is 12.4. The molecule has 108 valence electrons. The second-order valence-electron chi connectivity index (χ2n) is 5.25. The van der Waals surface area contributed by atoms with E-state index in [-0.39, 0.29) is 11.7 Å². The molecule has 1 atom stereocenters. The van der Waals surface area contributed by atoms with Crippen LogP contribution >= 0.6 is 0 Å². The lowest BCUT2D eigenvalue weighted by Crippen LogP contribution is -2.27. The highest BCUT2D eigenvalue weighted by molar-refractivity contribution is 5.62. The van der Waals surface area contributed by atoms with E-state index in [1.54, 1.807) is 6.07 Å². The van der Waals surface area contributed by atoms with Gasteiger partial charge >= 0.3 is 5.69 Å². The number of hydrogen-bond acceptors (Lipinski definition) is 3. The third kappa shape index (κ3) is 2.72. The monoisotopic (exact) mass is 286 g/mol. The highest BCUT2D eigenvalue weighted by Crippen LogP contribution is 2.30. The predicted octanol–water partition coefficient (Wildman–Crippen LogP) is 3.70. The molecule has 1 N–H and O–H groups in total. The molecule has 1 aliphatic carbocycles. The van der Waals surface area contributed by atoms with E-state index in [0.29, 0.717) is 0 Å². The fraction of sp³-hybridized carbons (Fsp3) is 0.250. The van der Waals surface area contributed by atoms with E-state index in [0.717, 1.165) is 25.3 Å². The molecule has 4 nitrogen and oxygen atoms in total. The van der Waals surface area contributed by atoms with Crippen molar-refractivity contribution in [2.75, 3.05) is 5.32 Å². The van der Waals surface area contributed by atoms with Gasteiger partial charge in [-0.05, 0) is 42.5 Å². The quantitative estimate of drug-likeness (QED) is 0.691. The number of aryl methyl sites for hydroxylation is 1. The molecule has 0 bridgehead atoms. The van der Waals surface area contributed by atoms with Gasteiger partial charge in [0.1, 0.15) is 5.69 Å². The molecule has 0 radical (unpaired) electrons. The number of benzene rings is 2. The van der Waals surface area contributed by atoms with Gasteiger partial charge in [0, 0.05) is 6.04 Å². The Morgan fingerprint density at radius 1 is 1.14 bits per heavy atom. The van der Waals surface area contributed by atoms with E-state index in [4.69, 9.17) is 0 Å². The summed E-state index contributed by atoms with van der Waals surface area (Å²) in [5, 5.41) is 14.1. The number of halogens is 1. The first-order chi connectivity index (χ1) is 10.1. The lowest BCUT2D eigenvalue weighted by Gasteiger charge is -2.26.